The molecular weight excluding hydrogens is 300 g/mol. The summed E-state index contributed by atoms with van der Waals surface area (Å²) in [6.45, 7) is 3.19. The molecule has 118 valence electrons. The number of benzene rings is 1. The van der Waals surface area contributed by atoms with E-state index < -0.39 is 15.3 Å². The smallest absolute Gasteiger partial charge is 0.215 e. The number of piperidine rings is 1. The van der Waals surface area contributed by atoms with Crippen molar-refractivity contribution in [3.05, 3.63) is 30.0 Å². The lowest BCUT2D eigenvalue weighted by Gasteiger charge is -2.33. The number of nitrogens with one attached hydrogen (secondary N) is 1. The zero-order valence-electron chi connectivity index (χ0n) is 12.8. The highest BCUT2D eigenvalue weighted by molar-refractivity contribution is 7.90. The zero-order valence-corrected chi connectivity index (χ0v) is 13.6. The van der Waals surface area contributed by atoms with E-state index in [1.807, 2.05) is 36.1 Å². The topological polar surface area (TPSA) is 75.2 Å². The molecule has 1 N–H and O–H groups in total. The molecular formula is C15H20N4O2S. The fourth-order valence-corrected chi connectivity index (χ4v) is 4.12. The van der Waals surface area contributed by atoms with Gasteiger partial charge in [-0.25, -0.2) is 23.1 Å². The van der Waals surface area contributed by atoms with Crippen LogP contribution in [0.2, 0.25) is 0 Å². The van der Waals surface area contributed by atoms with Crippen LogP contribution in [0.1, 0.15) is 18.5 Å². The third-order valence-electron chi connectivity index (χ3n) is 4.12. The largest absolute Gasteiger partial charge is 0.354 e. The lowest BCUT2D eigenvalue weighted by atomic mass is 10.1. The van der Waals surface area contributed by atoms with Gasteiger partial charge < -0.3 is 4.90 Å². The van der Waals surface area contributed by atoms with E-state index in [-0.39, 0.29) is 0 Å². The average Bonchev–Trinajstić information content (AvgIpc) is 2.54. The van der Waals surface area contributed by atoms with E-state index in [0.29, 0.717) is 13.0 Å². The molecule has 3 rings (SSSR count). The second kappa shape index (κ2) is 5.81. The summed E-state index contributed by atoms with van der Waals surface area (Å²) in [5, 5.41) is -0.404. The molecule has 2 aromatic rings. The summed E-state index contributed by atoms with van der Waals surface area (Å²) in [7, 11) is -1.79. The summed E-state index contributed by atoms with van der Waals surface area (Å²) in [6.07, 6.45) is 1.51. The summed E-state index contributed by atoms with van der Waals surface area (Å²) < 4.78 is 26.5. The minimum atomic E-state index is -3.26. The molecule has 0 amide bonds. The lowest BCUT2D eigenvalue weighted by Crippen LogP contribution is -2.46. The normalized spacial score (nSPS) is 19.5. The van der Waals surface area contributed by atoms with Crippen molar-refractivity contribution in [2.24, 2.45) is 0 Å². The Balaban J connectivity index is 1.95. The number of aromatic nitrogens is 2. The lowest BCUT2D eigenvalue weighted by molar-refractivity contribution is 0.523. The van der Waals surface area contributed by atoms with E-state index in [9.17, 15) is 8.42 Å². The summed E-state index contributed by atoms with van der Waals surface area (Å²) in [6, 6.07) is 7.73. The fraction of sp³-hybridized carbons (Fsp3) is 0.467. The van der Waals surface area contributed by atoms with Crippen LogP contribution < -0.4 is 9.62 Å². The molecule has 0 aliphatic carbocycles. The Bertz CT molecular complexity index is 791. The van der Waals surface area contributed by atoms with Crippen LogP contribution in [0.15, 0.2) is 24.3 Å². The van der Waals surface area contributed by atoms with Gasteiger partial charge in [-0.15, -0.1) is 0 Å². The van der Waals surface area contributed by atoms with Gasteiger partial charge in [0.15, 0.2) is 5.82 Å². The first-order valence-corrected chi connectivity index (χ1v) is 8.96. The Morgan fingerprint density at radius 1 is 1.23 bits per heavy atom. The second-order valence-corrected chi connectivity index (χ2v) is 7.75. The predicted octanol–water partition coefficient (Wildman–Crippen LogP) is 1.46. The average molecular weight is 320 g/mol. The first kappa shape index (κ1) is 15.2. The second-order valence-electron chi connectivity index (χ2n) is 5.58. The van der Waals surface area contributed by atoms with Gasteiger partial charge >= 0.3 is 0 Å². The molecule has 0 radical (unpaired) electrons. The van der Waals surface area contributed by atoms with Crippen LogP contribution in [-0.2, 0) is 10.0 Å². The number of fused-ring (bicyclic) bond motifs is 1. The van der Waals surface area contributed by atoms with Gasteiger partial charge in [0.2, 0.25) is 10.0 Å². The Hall–Kier alpha value is -1.73. The zero-order chi connectivity index (χ0) is 15.7. The van der Waals surface area contributed by atoms with Gasteiger partial charge in [-0.1, -0.05) is 12.1 Å². The van der Waals surface area contributed by atoms with E-state index in [4.69, 9.17) is 0 Å². The molecule has 1 unspecified atom stereocenters. The van der Waals surface area contributed by atoms with Crippen LogP contribution >= 0.6 is 0 Å². The molecule has 0 bridgehead atoms. The van der Waals surface area contributed by atoms with Crippen molar-refractivity contribution in [3.8, 4) is 0 Å². The number of nitrogens with zero attached hydrogens (tertiary/aromatic N) is 3. The van der Waals surface area contributed by atoms with Crippen LogP contribution in [0.5, 0.6) is 0 Å². The summed E-state index contributed by atoms with van der Waals surface area (Å²) in [5.41, 5.74) is 2.53. The summed E-state index contributed by atoms with van der Waals surface area (Å²) in [5.74, 6) is 0.787. The molecule has 6 nitrogen and oxygen atoms in total. The van der Waals surface area contributed by atoms with Crippen molar-refractivity contribution in [2.45, 2.75) is 25.0 Å². The highest BCUT2D eigenvalue weighted by Crippen LogP contribution is 2.25. The van der Waals surface area contributed by atoms with E-state index in [0.717, 1.165) is 35.5 Å². The first-order valence-electron chi connectivity index (χ1n) is 7.42. The SMILES string of the molecule is CNS(=O)(=O)C1CCCN(c2nc3ccccc3nc2C)C1. The quantitative estimate of drug-likeness (QED) is 0.926. The molecule has 7 heteroatoms. The highest BCUT2D eigenvalue weighted by Gasteiger charge is 2.31. The fourth-order valence-electron chi connectivity index (χ4n) is 2.93. The number of hydrogen-bond donors (Lipinski definition) is 1. The monoisotopic (exact) mass is 320 g/mol. The third kappa shape index (κ3) is 2.78. The van der Waals surface area contributed by atoms with Gasteiger partial charge in [0.1, 0.15) is 0 Å². The molecule has 1 aromatic carbocycles. The Morgan fingerprint density at radius 2 is 1.91 bits per heavy atom. The van der Waals surface area contributed by atoms with Crippen molar-refractivity contribution < 1.29 is 8.42 Å². The van der Waals surface area contributed by atoms with Gasteiger partial charge in [-0.05, 0) is 38.9 Å². The van der Waals surface area contributed by atoms with E-state index >= 15 is 0 Å². The van der Waals surface area contributed by atoms with Gasteiger partial charge in [-0.3, -0.25) is 0 Å². The molecule has 1 atom stereocenters. The van der Waals surface area contributed by atoms with Crippen molar-refractivity contribution in [1.82, 2.24) is 14.7 Å². The van der Waals surface area contributed by atoms with Gasteiger partial charge in [0, 0.05) is 13.1 Å². The predicted molar refractivity (Wildman–Crippen MR) is 87.5 cm³/mol. The maximum Gasteiger partial charge on any atom is 0.215 e. The number of rotatable bonds is 3. The van der Waals surface area contributed by atoms with E-state index in [1.165, 1.54) is 7.05 Å². The molecule has 0 spiro atoms. The molecule has 2 heterocycles. The maximum absolute atomic E-state index is 12.1. The number of sulfonamides is 1. The van der Waals surface area contributed by atoms with Gasteiger partial charge in [0.25, 0.3) is 0 Å². The Morgan fingerprint density at radius 3 is 2.59 bits per heavy atom. The number of anilines is 1. The number of aryl methyl sites for hydroxylation is 1. The summed E-state index contributed by atoms with van der Waals surface area (Å²) >= 11 is 0. The molecule has 22 heavy (non-hydrogen) atoms. The van der Waals surface area contributed by atoms with Crippen molar-refractivity contribution >= 4 is 26.9 Å². The third-order valence-corrected chi connectivity index (χ3v) is 5.95. The number of para-hydroxylation sites is 2. The first-order chi connectivity index (χ1) is 10.5. The minimum Gasteiger partial charge on any atom is -0.354 e. The van der Waals surface area contributed by atoms with Crippen LogP contribution in [0.4, 0.5) is 5.82 Å². The van der Waals surface area contributed by atoms with Crippen LogP contribution in [0.25, 0.3) is 11.0 Å². The highest BCUT2D eigenvalue weighted by atomic mass is 32.2. The molecule has 1 aromatic heterocycles. The molecule has 0 saturated carbocycles. The molecule has 1 aliphatic rings. The number of hydrogen-bond acceptors (Lipinski definition) is 5. The van der Waals surface area contributed by atoms with Gasteiger partial charge in [-0.2, -0.15) is 0 Å². The van der Waals surface area contributed by atoms with Crippen molar-refractivity contribution in [2.75, 3.05) is 25.0 Å². The van der Waals surface area contributed by atoms with Crippen molar-refractivity contribution in [3.63, 3.8) is 0 Å². The summed E-state index contributed by atoms with van der Waals surface area (Å²) in [4.78, 5) is 11.3. The molecule has 1 saturated heterocycles. The molecule has 1 aliphatic heterocycles. The molecule has 1 fully saturated rings. The van der Waals surface area contributed by atoms with Crippen molar-refractivity contribution in [1.29, 1.82) is 0 Å². The van der Waals surface area contributed by atoms with E-state index in [1.54, 1.807) is 0 Å². The Kier molecular flexibility index (Phi) is 4.01. The maximum atomic E-state index is 12.1. The van der Waals surface area contributed by atoms with Crippen LogP contribution in [0, 0.1) is 6.92 Å². The Labute approximate surface area is 130 Å². The van der Waals surface area contributed by atoms with Crippen LogP contribution in [-0.4, -0.2) is 43.8 Å². The minimum absolute atomic E-state index is 0.404. The van der Waals surface area contributed by atoms with E-state index in [2.05, 4.69) is 14.7 Å². The standard InChI is InChI=1S/C15H20N4O2S/c1-11-15(18-14-8-4-3-7-13(14)17-11)19-9-5-6-12(10-19)22(20,21)16-2/h3-4,7-8,12,16H,5-6,9-10H2,1-2H3. The van der Waals surface area contributed by atoms with Gasteiger partial charge in [0.05, 0.1) is 22.0 Å². The van der Waals surface area contributed by atoms with Crippen LogP contribution in [0.3, 0.4) is 0 Å².